The van der Waals surface area contributed by atoms with Gasteiger partial charge in [-0.15, -0.1) is 0 Å². The summed E-state index contributed by atoms with van der Waals surface area (Å²) in [5.41, 5.74) is 1.25. The number of aromatic nitrogens is 3. The Morgan fingerprint density at radius 2 is 2.03 bits per heavy atom. The molecule has 0 bridgehead atoms. The molecule has 1 unspecified atom stereocenters. The summed E-state index contributed by atoms with van der Waals surface area (Å²) in [4.78, 5) is 10.8. The van der Waals surface area contributed by atoms with Crippen LogP contribution >= 0.6 is 0 Å². The summed E-state index contributed by atoms with van der Waals surface area (Å²) in [5.74, 6) is 1.74. The predicted octanol–water partition coefficient (Wildman–Crippen LogP) is 1.72. The molecule has 3 rings (SSSR count). The topological polar surface area (TPSA) is 79.6 Å². The SMILES string of the molecule is CN=C(NCC1(NC(C)c2ccccc2)CCOCC1)N(C)Cc1ncnn1C. The van der Waals surface area contributed by atoms with E-state index in [0.29, 0.717) is 6.54 Å². The van der Waals surface area contributed by atoms with Gasteiger partial charge < -0.3 is 20.3 Å². The van der Waals surface area contributed by atoms with Crippen molar-refractivity contribution in [2.24, 2.45) is 12.0 Å². The van der Waals surface area contributed by atoms with Gasteiger partial charge in [-0.25, -0.2) is 4.98 Å². The summed E-state index contributed by atoms with van der Waals surface area (Å²) in [6.45, 7) is 5.18. The highest BCUT2D eigenvalue weighted by molar-refractivity contribution is 5.79. The monoisotopic (exact) mass is 399 g/mol. The second-order valence-corrected chi connectivity index (χ2v) is 7.73. The van der Waals surface area contributed by atoms with Crippen molar-refractivity contribution in [3.8, 4) is 0 Å². The molecule has 1 aromatic carbocycles. The lowest BCUT2D eigenvalue weighted by Crippen LogP contribution is -2.58. The van der Waals surface area contributed by atoms with Crippen molar-refractivity contribution in [2.75, 3.05) is 33.9 Å². The van der Waals surface area contributed by atoms with Gasteiger partial charge in [-0.05, 0) is 25.3 Å². The summed E-state index contributed by atoms with van der Waals surface area (Å²) in [7, 11) is 5.73. The maximum Gasteiger partial charge on any atom is 0.193 e. The Hall–Kier alpha value is -2.45. The zero-order valence-electron chi connectivity index (χ0n) is 17.9. The van der Waals surface area contributed by atoms with Crippen LogP contribution in [0.4, 0.5) is 0 Å². The average Bonchev–Trinajstić information content (AvgIpc) is 3.14. The third kappa shape index (κ3) is 5.55. The number of rotatable bonds is 7. The van der Waals surface area contributed by atoms with E-state index in [9.17, 15) is 0 Å². The molecule has 2 N–H and O–H groups in total. The Kier molecular flexibility index (Phi) is 7.22. The van der Waals surface area contributed by atoms with E-state index in [1.165, 1.54) is 5.56 Å². The minimum absolute atomic E-state index is 0.0466. The maximum atomic E-state index is 5.65. The van der Waals surface area contributed by atoms with Crippen LogP contribution in [-0.2, 0) is 18.3 Å². The lowest BCUT2D eigenvalue weighted by Gasteiger charge is -2.41. The second-order valence-electron chi connectivity index (χ2n) is 7.73. The van der Waals surface area contributed by atoms with Crippen molar-refractivity contribution in [2.45, 2.75) is 37.9 Å². The van der Waals surface area contributed by atoms with E-state index in [1.807, 2.05) is 21.1 Å². The lowest BCUT2D eigenvalue weighted by molar-refractivity contribution is 0.0353. The number of aryl methyl sites for hydroxylation is 1. The number of guanidine groups is 1. The number of ether oxygens (including phenoxy) is 1. The summed E-state index contributed by atoms with van der Waals surface area (Å²) < 4.78 is 7.43. The number of nitrogens with zero attached hydrogens (tertiary/aromatic N) is 5. The first-order valence-electron chi connectivity index (χ1n) is 10.2. The molecule has 0 spiro atoms. The smallest absolute Gasteiger partial charge is 0.193 e. The summed E-state index contributed by atoms with van der Waals surface area (Å²) in [6, 6.07) is 10.8. The molecule has 1 saturated heterocycles. The largest absolute Gasteiger partial charge is 0.381 e. The van der Waals surface area contributed by atoms with E-state index in [-0.39, 0.29) is 11.6 Å². The van der Waals surface area contributed by atoms with Crippen molar-refractivity contribution in [3.63, 3.8) is 0 Å². The highest BCUT2D eigenvalue weighted by Crippen LogP contribution is 2.25. The number of hydrogen-bond acceptors (Lipinski definition) is 5. The van der Waals surface area contributed by atoms with E-state index in [1.54, 1.807) is 11.0 Å². The highest BCUT2D eigenvalue weighted by Gasteiger charge is 2.34. The molecule has 8 nitrogen and oxygen atoms in total. The molecule has 1 aromatic heterocycles. The molecule has 0 aliphatic carbocycles. The predicted molar refractivity (Wildman–Crippen MR) is 115 cm³/mol. The van der Waals surface area contributed by atoms with Gasteiger partial charge in [0.2, 0.25) is 0 Å². The fraction of sp³-hybridized carbons (Fsp3) is 0.571. The van der Waals surface area contributed by atoms with E-state index >= 15 is 0 Å². The number of benzene rings is 1. The zero-order chi connectivity index (χ0) is 20.7. The molecule has 1 aliphatic heterocycles. The number of nitrogens with one attached hydrogen (secondary N) is 2. The molecule has 2 heterocycles. The van der Waals surface area contributed by atoms with Gasteiger partial charge in [0.05, 0.1) is 6.54 Å². The standard InChI is InChI=1S/C21H33N7O/c1-17(18-8-6-5-7-9-18)26-21(10-12-29-13-11-21)15-23-20(22-2)27(3)14-19-24-16-25-28(19)4/h5-9,16-17,26H,10-15H2,1-4H3,(H,22,23). The van der Waals surface area contributed by atoms with Gasteiger partial charge >= 0.3 is 0 Å². The second kappa shape index (κ2) is 9.84. The van der Waals surface area contributed by atoms with Gasteiger partial charge in [0, 0.05) is 52.5 Å². The van der Waals surface area contributed by atoms with E-state index < -0.39 is 0 Å². The van der Waals surface area contributed by atoms with Gasteiger partial charge in [-0.3, -0.25) is 9.67 Å². The fourth-order valence-electron chi connectivity index (χ4n) is 3.80. The number of hydrogen-bond donors (Lipinski definition) is 2. The number of aliphatic imine (C=N–C) groups is 1. The Balaban J connectivity index is 1.65. The van der Waals surface area contributed by atoms with Crippen molar-refractivity contribution >= 4 is 5.96 Å². The van der Waals surface area contributed by atoms with E-state index in [0.717, 1.165) is 44.4 Å². The maximum absolute atomic E-state index is 5.65. The molecule has 2 aromatic rings. The minimum Gasteiger partial charge on any atom is -0.381 e. The summed E-state index contributed by atoms with van der Waals surface area (Å²) in [5, 5.41) is 11.6. The van der Waals surface area contributed by atoms with Crippen molar-refractivity contribution in [1.29, 1.82) is 0 Å². The van der Waals surface area contributed by atoms with Crippen LogP contribution < -0.4 is 10.6 Å². The molecule has 8 heteroatoms. The molecule has 0 amide bonds. The van der Waals surface area contributed by atoms with Crippen molar-refractivity contribution < 1.29 is 4.74 Å². The Morgan fingerprint density at radius 1 is 1.31 bits per heavy atom. The first kappa shape index (κ1) is 21.3. The molecule has 1 fully saturated rings. The van der Waals surface area contributed by atoms with Gasteiger partial charge in [0.25, 0.3) is 0 Å². The van der Waals surface area contributed by atoms with Crippen LogP contribution in [-0.4, -0.2) is 65.0 Å². The van der Waals surface area contributed by atoms with Crippen LogP contribution in [0.25, 0.3) is 0 Å². The van der Waals surface area contributed by atoms with Gasteiger partial charge in [-0.2, -0.15) is 5.10 Å². The first-order valence-corrected chi connectivity index (χ1v) is 10.2. The van der Waals surface area contributed by atoms with Crippen LogP contribution in [0, 0.1) is 0 Å². The van der Waals surface area contributed by atoms with Gasteiger partial charge in [0.15, 0.2) is 5.96 Å². The summed E-state index contributed by atoms with van der Waals surface area (Å²) >= 11 is 0. The van der Waals surface area contributed by atoms with Gasteiger partial charge in [-0.1, -0.05) is 30.3 Å². The Labute approximate surface area is 173 Å². The van der Waals surface area contributed by atoms with E-state index in [4.69, 9.17) is 4.74 Å². The zero-order valence-corrected chi connectivity index (χ0v) is 17.9. The molecule has 0 saturated carbocycles. The first-order chi connectivity index (χ1) is 14.0. The molecule has 1 atom stereocenters. The van der Waals surface area contributed by atoms with Crippen LogP contribution in [0.2, 0.25) is 0 Å². The highest BCUT2D eigenvalue weighted by atomic mass is 16.5. The molecular weight excluding hydrogens is 366 g/mol. The van der Waals surface area contributed by atoms with Crippen LogP contribution in [0.15, 0.2) is 41.7 Å². The third-order valence-electron chi connectivity index (χ3n) is 5.61. The Bertz CT molecular complexity index is 783. The van der Waals surface area contributed by atoms with Crippen LogP contribution in [0.1, 0.15) is 37.2 Å². The van der Waals surface area contributed by atoms with Gasteiger partial charge in [0.1, 0.15) is 12.2 Å². The summed E-state index contributed by atoms with van der Waals surface area (Å²) in [6.07, 6.45) is 3.49. The lowest BCUT2D eigenvalue weighted by atomic mass is 9.88. The fourth-order valence-corrected chi connectivity index (χ4v) is 3.80. The van der Waals surface area contributed by atoms with Crippen molar-refractivity contribution in [3.05, 3.63) is 48.0 Å². The quantitative estimate of drug-likeness (QED) is 0.545. The average molecular weight is 400 g/mol. The molecule has 158 valence electrons. The third-order valence-corrected chi connectivity index (χ3v) is 5.61. The molecular formula is C21H33N7O. The molecule has 29 heavy (non-hydrogen) atoms. The Morgan fingerprint density at radius 3 is 2.66 bits per heavy atom. The van der Waals surface area contributed by atoms with Crippen LogP contribution in [0.3, 0.4) is 0 Å². The normalized spacial score (nSPS) is 17.7. The van der Waals surface area contributed by atoms with E-state index in [2.05, 4.69) is 67.9 Å². The van der Waals surface area contributed by atoms with Crippen LogP contribution in [0.5, 0.6) is 0 Å². The molecule has 1 aliphatic rings. The minimum atomic E-state index is -0.0466. The van der Waals surface area contributed by atoms with Crippen molar-refractivity contribution in [1.82, 2.24) is 30.3 Å². The molecule has 0 radical (unpaired) electrons.